The number of phenols is 1. The molecule has 0 bridgehead atoms. The Bertz CT molecular complexity index is 1210. The Morgan fingerprint density at radius 3 is 2.33 bits per heavy atom. The lowest BCUT2D eigenvalue weighted by Gasteiger charge is -2.55. The van der Waals surface area contributed by atoms with E-state index in [0.29, 0.717) is 30.7 Å². The van der Waals surface area contributed by atoms with Crippen molar-refractivity contribution in [2.45, 2.75) is 114 Å². The third-order valence-electron chi connectivity index (χ3n) is 12.2. The number of rotatable bonds is 14. The smallest absolute Gasteiger partial charge is 0.453 e. The molecule has 1 spiro atoms. The molecule has 1 aromatic carbocycles. The number of benzene rings is 1. The van der Waals surface area contributed by atoms with Crippen molar-refractivity contribution in [1.29, 1.82) is 0 Å². The summed E-state index contributed by atoms with van der Waals surface area (Å²) in [7, 11) is 0.541. The van der Waals surface area contributed by atoms with Crippen molar-refractivity contribution >= 4 is 10.8 Å². The highest BCUT2D eigenvalue weighted by molar-refractivity contribution is 7.84. The first-order valence-corrected chi connectivity index (χ1v) is 18.3. The molecule has 4 aliphatic carbocycles. The van der Waals surface area contributed by atoms with E-state index >= 15 is 0 Å². The van der Waals surface area contributed by atoms with Gasteiger partial charge in [0, 0.05) is 34.1 Å². The predicted molar refractivity (Wildman–Crippen MR) is 165 cm³/mol. The van der Waals surface area contributed by atoms with E-state index in [1.165, 1.54) is 0 Å². The van der Waals surface area contributed by atoms with E-state index in [-0.39, 0.29) is 40.1 Å². The molecule has 0 aromatic heterocycles. The van der Waals surface area contributed by atoms with Gasteiger partial charge in [-0.15, -0.1) is 0 Å². The minimum Gasteiger partial charge on any atom is -0.508 e. The Labute approximate surface area is 266 Å². The average molecular weight is 664 g/mol. The molecule has 3 saturated carbocycles. The number of fused-ring (bicyclic) bond motifs is 6. The summed E-state index contributed by atoms with van der Waals surface area (Å²) in [5.74, 6) is -3.39. The number of alkyl halides is 5. The molecule has 4 unspecified atom stereocenters. The van der Waals surface area contributed by atoms with Crippen LogP contribution in [0, 0.1) is 28.6 Å². The fraction of sp³-hybridized carbons (Fsp3) is 0.824. The molecule has 5 rings (SSSR count). The van der Waals surface area contributed by atoms with Crippen LogP contribution in [0.15, 0.2) is 18.2 Å². The van der Waals surface area contributed by atoms with Crippen LogP contribution in [-0.4, -0.2) is 74.3 Å². The fourth-order valence-corrected chi connectivity index (χ4v) is 10.7. The van der Waals surface area contributed by atoms with Gasteiger partial charge < -0.3 is 20.2 Å². The maximum atomic E-state index is 13.0. The Balaban J connectivity index is 1.09. The number of nitrogens with zero attached hydrogens (tertiary/aromatic N) is 1. The van der Waals surface area contributed by atoms with Gasteiger partial charge in [-0.3, -0.25) is 4.21 Å². The average Bonchev–Trinajstić information content (AvgIpc) is 3.74. The summed E-state index contributed by atoms with van der Waals surface area (Å²) in [4.78, 5) is 2.13. The number of hydrogen-bond donors (Lipinski definition) is 3. The molecule has 0 radical (unpaired) electrons. The maximum absolute atomic E-state index is 13.0. The van der Waals surface area contributed by atoms with Gasteiger partial charge in [0.15, 0.2) is 0 Å². The summed E-state index contributed by atoms with van der Waals surface area (Å²) in [5, 5.41) is 33.2. The minimum atomic E-state index is -5.57. The van der Waals surface area contributed by atoms with Gasteiger partial charge >= 0.3 is 12.1 Å². The van der Waals surface area contributed by atoms with Gasteiger partial charge in [-0.25, -0.2) is 0 Å². The van der Waals surface area contributed by atoms with E-state index in [2.05, 4.69) is 11.8 Å². The van der Waals surface area contributed by atoms with Crippen molar-refractivity contribution in [3.8, 4) is 5.75 Å². The van der Waals surface area contributed by atoms with Gasteiger partial charge in [-0.1, -0.05) is 25.8 Å². The van der Waals surface area contributed by atoms with Crippen LogP contribution in [0.4, 0.5) is 22.0 Å². The van der Waals surface area contributed by atoms with E-state index < -0.39 is 41.8 Å². The Morgan fingerprint density at radius 2 is 1.64 bits per heavy atom. The number of halogens is 5. The molecular formula is C34H50F5NO4S. The van der Waals surface area contributed by atoms with Gasteiger partial charge in [0.05, 0.1) is 12.2 Å². The molecule has 5 nitrogen and oxygen atoms in total. The third-order valence-corrected chi connectivity index (χ3v) is 13.7. The molecule has 0 amide bonds. The Hall–Kier alpha value is -1.30. The lowest BCUT2D eigenvalue weighted by Crippen LogP contribution is -2.47. The Kier molecular flexibility index (Phi) is 10.4. The summed E-state index contributed by atoms with van der Waals surface area (Å²) in [6, 6.07) is 5.47. The van der Waals surface area contributed by atoms with Crippen molar-refractivity contribution in [1.82, 2.24) is 4.90 Å². The predicted octanol–water partition coefficient (Wildman–Crippen LogP) is 7.33. The summed E-state index contributed by atoms with van der Waals surface area (Å²) in [5.41, 5.74) is 2.17. The second-order valence-corrected chi connectivity index (χ2v) is 16.4. The SMILES string of the molecule is CN(CCCCC[C@H]1C2C(CC[C@@]3(C)C2C[C@@H](O)C32CC2)c2ccc(O)cc2[C@H]1O)CCCS(=O)CCCC(F)(F)C(F)(F)F. The molecule has 0 aliphatic heterocycles. The highest BCUT2D eigenvalue weighted by Crippen LogP contribution is 2.76. The monoisotopic (exact) mass is 663 g/mol. The highest BCUT2D eigenvalue weighted by Gasteiger charge is 2.71. The van der Waals surface area contributed by atoms with Gasteiger partial charge in [-0.2, -0.15) is 22.0 Å². The number of aliphatic hydroxyl groups is 2. The summed E-state index contributed by atoms with van der Waals surface area (Å²) in [6.07, 6.45) is 1.23. The molecule has 3 N–H and O–H groups in total. The molecular weight excluding hydrogens is 613 g/mol. The number of aromatic hydroxyl groups is 1. The third kappa shape index (κ3) is 6.84. The molecule has 8 atom stereocenters. The second kappa shape index (κ2) is 13.3. The summed E-state index contributed by atoms with van der Waals surface area (Å²) < 4.78 is 75.0. The van der Waals surface area contributed by atoms with E-state index in [1.54, 1.807) is 12.1 Å². The zero-order valence-electron chi connectivity index (χ0n) is 26.5. The second-order valence-electron chi connectivity index (χ2n) is 14.7. The van der Waals surface area contributed by atoms with Crippen LogP contribution in [0.5, 0.6) is 5.75 Å². The van der Waals surface area contributed by atoms with Crippen molar-refractivity contribution in [2.75, 3.05) is 31.6 Å². The van der Waals surface area contributed by atoms with E-state index in [4.69, 9.17) is 0 Å². The van der Waals surface area contributed by atoms with Gasteiger partial charge in [-0.05, 0) is 130 Å². The number of phenolic OH excluding ortho intramolecular Hbond substituents is 1. The van der Waals surface area contributed by atoms with Gasteiger partial charge in [0.25, 0.3) is 0 Å². The minimum absolute atomic E-state index is 0.0480. The van der Waals surface area contributed by atoms with Crippen molar-refractivity contribution in [2.24, 2.45) is 28.6 Å². The van der Waals surface area contributed by atoms with Crippen LogP contribution in [0.3, 0.4) is 0 Å². The van der Waals surface area contributed by atoms with Crippen LogP contribution in [-0.2, 0) is 10.8 Å². The van der Waals surface area contributed by atoms with Crippen LogP contribution in [0.2, 0.25) is 0 Å². The quantitative estimate of drug-likeness (QED) is 0.144. The molecule has 11 heteroatoms. The molecule has 0 saturated heterocycles. The normalized spacial score (nSPS) is 32.8. The first-order valence-electron chi connectivity index (χ1n) is 16.8. The van der Waals surface area contributed by atoms with E-state index in [9.17, 15) is 41.5 Å². The number of unbranched alkanes of at least 4 members (excludes halogenated alkanes) is 2. The fourth-order valence-electron chi connectivity index (χ4n) is 9.61. The highest BCUT2D eigenvalue weighted by atomic mass is 32.2. The lowest BCUT2D eigenvalue weighted by molar-refractivity contribution is -0.284. The molecule has 1 aromatic rings. The first-order chi connectivity index (χ1) is 21.1. The molecule has 0 heterocycles. The summed E-state index contributed by atoms with van der Waals surface area (Å²) in [6.45, 7) is 3.89. The maximum Gasteiger partial charge on any atom is 0.453 e. The van der Waals surface area contributed by atoms with Gasteiger partial charge in [0.2, 0.25) is 0 Å². The zero-order chi connectivity index (χ0) is 32.8. The topological polar surface area (TPSA) is 81.0 Å². The molecule has 4 aliphatic rings. The van der Waals surface area contributed by atoms with Crippen molar-refractivity contribution in [3.05, 3.63) is 29.3 Å². The molecule has 3 fully saturated rings. The van der Waals surface area contributed by atoms with Gasteiger partial charge in [0.1, 0.15) is 5.75 Å². The van der Waals surface area contributed by atoms with Crippen LogP contribution in [0.25, 0.3) is 0 Å². The number of hydrogen-bond acceptors (Lipinski definition) is 5. The first kappa shape index (κ1) is 35.0. The summed E-state index contributed by atoms with van der Waals surface area (Å²) >= 11 is 0. The van der Waals surface area contributed by atoms with Crippen molar-refractivity contribution < 1.29 is 41.5 Å². The van der Waals surface area contributed by atoms with Crippen LogP contribution in [0.1, 0.15) is 107 Å². The van der Waals surface area contributed by atoms with Crippen LogP contribution < -0.4 is 0 Å². The van der Waals surface area contributed by atoms with Crippen molar-refractivity contribution in [3.63, 3.8) is 0 Å². The standard InChI is InChI=1S/C34H50F5NO4S/c1-31-13-11-24-23-10-9-22(41)20-26(23)30(43)25(29(24)27(31)21-28(42)32(31)14-15-32)8-4-3-5-16-40(2)17-7-19-45(44)18-6-12-33(35,36)34(37,38)39/h9-10,20,24-25,27-30,41-43H,3-8,11-19,21H2,1-2H3/t24?,25-,27?,28+,29?,30-,31-,45?/m0/s1. The van der Waals surface area contributed by atoms with E-state index in [1.807, 2.05) is 13.1 Å². The number of aliphatic hydroxyl groups excluding tert-OH is 2. The van der Waals surface area contributed by atoms with E-state index in [0.717, 1.165) is 75.5 Å². The molecule has 256 valence electrons. The largest absolute Gasteiger partial charge is 0.508 e. The zero-order valence-corrected chi connectivity index (χ0v) is 27.3. The Morgan fingerprint density at radius 1 is 0.956 bits per heavy atom. The lowest BCUT2D eigenvalue weighted by atomic mass is 9.50. The van der Waals surface area contributed by atoms with Crippen LogP contribution >= 0.6 is 0 Å². The molecule has 45 heavy (non-hydrogen) atoms.